The van der Waals surface area contributed by atoms with Gasteiger partial charge in [-0.2, -0.15) is 0 Å². The molecule has 2 aromatic rings. The lowest BCUT2D eigenvalue weighted by Gasteiger charge is -2.36. The quantitative estimate of drug-likeness (QED) is 0.254. The molecule has 0 radical (unpaired) electrons. The van der Waals surface area contributed by atoms with Gasteiger partial charge in [-0.25, -0.2) is 0 Å². The summed E-state index contributed by atoms with van der Waals surface area (Å²) in [5.74, 6) is -0.383. The average Bonchev–Trinajstić information content (AvgIpc) is 2.67. The smallest absolute Gasteiger partial charge is 0.292 e. The maximum absolute atomic E-state index is 12.4. The van der Waals surface area contributed by atoms with E-state index in [1.165, 1.54) is 12.1 Å². The van der Waals surface area contributed by atoms with E-state index in [0.717, 1.165) is 12.1 Å². The van der Waals surface area contributed by atoms with Gasteiger partial charge >= 0.3 is 0 Å². The molecule has 0 bridgehead atoms. The second-order valence-corrected chi connectivity index (χ2v) is 13.5. The number of nitrogens with one attached hydrogen (secondary N) is 2. The topological polar surface area (TPSA) is 93.5 Å². The summed E-state index contributed by atoms with van der Waals surface area (Å²) in [5.41, 5.74) is 1.54. The van der Waals surface area contributed by atoms with E-state index < -0.39 is 13.2 Å². The van der Waals surface area contributed by atoms with Gasteiger partial charge in [-0.1, -0.05) is 45.0 Å². The molecule has 162 valence electrons. The molecule has 0 aliphatic carbocycles. The third kappa shape index (κ3) is 6.48. The highest BCUT2D eigenvalue weighted by Crippen LogP contribution is 2.36. The molecule has 0 spiro atoms. The van der Waals surface area contributed by atoms with Crippen molar-refractivity contribution in [2.75, 3.05) is 18.5 Å². The Bertz CT molecular complexity index is 877. The van der Waals surface area contributed by atoms with E-state index in [9.17, 15) is 14.9 Å². The van der Waals surface area contributed by atoms with Crippen LogP contribution in [0, 0.1) is 10.1 Å². The van der Waals surface area contributed by atoms with Gasteiger partial charge in [0, 0.05) is 31.3 Å². The Kier molecular flexibility index (Phi) is 7.88. The van der Waals surface area contributed by atoms with Crippen molar-refractivity contribution in [2.24, 2.45) is 0 Å². The van der Waals surface area contributed by atoms with Gasteiger partial charge in [0.25, 0.3) is 11.6 Å². The molecule has 0 aliphatic rings. The van der Waals surface area contributed by atoms with Crippen molar-refractivity contribution in [2.45, 2.75) is 45.4 Å². The number of hydrogen-bond acceptors (Lipinski definition) is 5. The summed E-state index contributed by atoms with van der Waals surface area (Å²) in [4.78, 5) is 23.0. The van der Waals surface area contributed by atoms with Gasteiger partial charge in [0.2, 0.25) is 0 Å². The van der Waals surface area contributed by atoms with E-state index in [-0.39, 0.29) is 22.3 Å². The van der Waals surface area contributed by atoms with Crippen molar-refractivity contribution in [3.8, 4) is 0 Å². The molecule has 0 aromatic heterocycles. The molecule has 30 heavy (non-hydrogen) atoms. The van der Waals surface area contributed by atoms with E-state index in [0.29, 0.717) is 18.7 Å². The van der Waals surface area contributed by atoms with Crippen LogP contribution in [0.2, 0.25) is 18.1 Å². The second-order valence-electron chi connectivity index (χ2n) is 8.71. The molecule has 0 unspecified atom stereocenters. The van der Waals surface area contributed by atoms with Gasteiger partial charge in [-0.15, -0.1) is 0 Å². The minimum absolute atomic E-state index is 0.133. The molecular weight excluding hydrogens is 398 g/mol. The number of carbonyl (C=O) groups excluding carboxylic acids is 1. The van der Waals surface area contributed by atoms with E-state index >= 15 is 0 Å². The summed E-state index contributed by atoms with van der Waals surface area (Å²) in [6.45, 7) is 13.2. The van der Waals surface area contributed by atoms with Gasteiger partial charge in [0.15, 0.2) is 8.32 Å². The Labute approximate surface area is 179 Å². The van der Waals surface area contributed by atoms with E-state index in [1.54, 1.807) is 24.3 Å². The van der Waals surface area contributed by atoms with Crippen molar-refractivity contribution < 1.29 is 14.1 Å². The molecule has 2 N–H and O–H groups in total. The Hall–Kier alpha value is -2.55. The first-order valence-electron chi connectivity index (χ1n) is 10.00. The Morgan fingerprint density at radius 2 is 1.73 bits per heavy atom. The van der Waals surface area contributed by atoms with Crippen LogP contribution in [-0.4, -0.2) is 32.3 Å². The Morgan fingerprint density at radius 1 is 1.10 bits per heavy atom. The van der Waals surface area contributed by atoms with Gasteiger partial charge < -0.3 is 15.1 Å². The number of nitro benzene ring substituents is 1. The Balaban J connectivity index is 1.84. The highest BCUT2D eigenvalue weighted by Gasteiger charge is 2.36. The monoisotopic (exact) mass is 429 g/mol. The molecule has 2 aromatic carbocycles. The predicted molar refractivity (Wildman–Crippen MR) is 122 cm³/mol. The highest BCUT2D eigenvalue weighted by atomic mass is 28.4. The van der Waals surface area contributed by atoms with Gasteiger partial charge in [-0.05, 0) is 41.9 Å². The number of carbonyl (C=O) groups is 1. The lowest BCUT2D eigenvalue weighted by Crippen LogP contribution is -2.42. The predicted octanol–water partition coefficient (Wildman–Crippen LogP) is 4.96. The van der Waals surface area contributed by atoms with Gasteiger partial charge in [-0.3, -0.25) is 14.9 Å². The molecule has 2 rings (SSSR count). The first-order valence-corrected chi connectivity index (χ1v) is 12.9. The van der Waals surface area contributed by atoms with Crippen LogP contribution in [0.3, 0.4) is 0 Å². The van der Waals surface area contributed by atoms with E-state index in [2.05, 4.69) is 44.5 Å². The van der Waals surface area contributed by atoms with Crippen molar-refractivity contribution in [1.82, 2.24) is 5.32 Å². The lowest BCUT2D eigenvalue weighted by atomic mass is 10.1. The first kappa shape index (κ1) is 23.7. The van der Waals surface area contributed by atoms with Gasteiger partial charge in [0.1, 0.15) is 5.69 Å². The molecule has 8 heteroatoms. The number of anilines is 1. The standard InChI is InChI=1S/C22H31N3O4Si/c1-22(2,3)30(4,5)29-15-14-23-16-17-10-12-18(13-11-17)21(26)24-19-8-6-7-9-20(19)25(27)28/h6-13,23H,14-16H2,1-5H3,(H,24,26). The van der Waals surface area contributed by atoms with Crippen LogP contribution in [0.25, 0.3) is 0 Å². The zero-order valence-corrected chi connectivity index (χ0v) is 19.3. The number of rotatable bonds is 9. The number of nitrogens with zero attached hydrogens (tertiary/aromatic N) is 1. The number of amides is 1. The summed E-state index contributed by atoms with van der Waals surface area (Å²) >= 11 is 0. The fraction of sp³-hybridized carbons (Fsp3) is 0.409. The minimum atomic E-state index is -1.72. The molecule has 7 nitrogen and oxygen atoms in total. The molecule has 0 fully saturated rings. The third-order valence-corrected chi connectivity index (χ3v) is 9.98. The van der Waals surface area contributed by atoms with Crippen LogP contribution in [0.4, 0.5) is 11.4 Å². The van der Waals surface area contributed by atoms with Crippen molar-refractivity contribution in [3.63, 3.8) is 0 Å². The number of benzene rings is 2. The van der Waals surface area contributed by atoms with Gasteiger partial charge in [0.05, 0.1) is 4.92 Å². The maximum Gasteiger partial charge on any atom is 0.292 e. The lowest BCUT2D eigenvalue weighted by molar-refractivity contribution is -0.383. The van der Waals surface area contributed by atoms with Crippen molar-refractivity contribution in [1.29, 1.82) is 0 Å². The molecule has 0 atom stereocenters. The zero-order valence-electron chi connectivity index (χ0n) is 18.3. The summed E-state index contributed by atoms with van der Waals surface area (Å²) < 4.78 is 6.14. The van der Waals surface area contributed by atoms with E-state index in [4.69, 9.17) is 4.43 Å². The molecular formula is C22H31N3O4Si. The highest BCUT2D eigenvalue weighted by molar-refractivity contribution is 6.74. The Morgan fingerprint density at radius 3 is 2.33 bits per heavy atom. The fourth-order valence-corrected chi connectivity index (χ4v) is 3.58. The molecule has 0 saturated heterocycles. The van der Waals surface area contributed by atoms with Crippen LogP contribution in [0.1, 0.15) is 36.7 Å². The van der Waals surface area contributed by atoms with Crippen molar-refractivity contribution in [3.05, 3.63) is 69.8 Å². The zero-order chi connectivity index (χ0) is 22.4. The molecule has 0 heterocycles. The fourth-order valence-electron chi connectivity index (χ4n) is 2.53. The normalized spacial score (nSPS) is 11.9. The number of para-hydroxylation sites is 2. The average molecular weight is 430 g/mol. The van der Waals surface area contributed by atoms with Crippen LogP contribution in [0.5, 0.6) is 0 Å². The first-order chi connectivity index (χ1) is 14.0. The van der Waals surface area contributed by atoms with Crippen LogP contribution in [-0.2, 0) is 11.0 Å². The summed E-state index contributed by atoms with van der Waals surface area (Å²) in [6.07, 6.45) is 0. The number of nitro groups is 1. The molecule has 0 aliphatic heterocycles. The minimum Gasteiger partial charge on any atom is -0.416 e. The van der Waals surface area contributed by atoms with E-state index in [1.807, 2.05) is 12.1 Å². The van der Waals surface area contributed by atoms with Crippen LogP contribution in [0.15, 0.2) is 48.5 Å². The summed E-state index contributed by atoms with van der Waals surface area (Å²) in [6, 6.07) is 13.3. The SMILES string of the molecule is CC(C)(C)[Si](C)(C)OCCNCc1ccc(C(=O)Nc2ccccc2[N+](=O)[O-])cc1. The third-order valence-electron chi connectivity index (χ3n) is 5.44. The molecule has 1 amide bonds. The van der Waals surface area contributed by atoms with Crippen molar-refractivity contribution >= 4 is 25.6 Å². The van der Waals surface area contributed by atoms with Crippen LogP contribution >= 0.6 is 0 Å². The second kappa shape index (κ2) is 9.97. The number of hydrogen-bond donors (Lipinski definition) is 2. The summed E-state index contributed by atoms with van der Waals surface area (Å²) in [7, 11) is -1.72. The largest absolute Gasteiger partial charge is 0.416 e. The maximum atomic E-state index is 12.4. The molecule has 0 saturated carbocycles. The summed E-state index contributed by atoms with van der Waals surface area (Å²) in [5, 5.41) is 17.2. The van der Waals surface area contributed by atoms with Crippen LogP contribution < -0.4 is 10.6 Å².